The number of anilines is 1. The molecule has 2 aromatic heterocycles. The summed E-state index contributed by atoms with van der Waals surface area (Å²) in [6.07, 6.45) is 16.7. The molecular formula is C19H27N5. The highest BCUT2D eigenvalue weighted by Gasteiger charge is 2.23. The van der Waals surface area contributed by atoms with Crippen LogP contribution in [0.25, 0.3) is 10.5 Å². The lowest BCUT2D eigenvalue weighted by molar-refractivity contribution is 0.438. The van der Waals surface area contributed by atoms with Crippen LogP contribution in [0.2, 0.25) is 0 Å². The van der Waals surface area contributed by atoms with Crippen molar-refractivity contribution in [2.24, 2.45) is 0 Å². The summed E-state index contributed by atoms with van der Waals surface area (Å²) < 4.78 is 2.15. The molecule has 24 heavy (non-hydrogen) atoms. The second-order valence-electron chi connectivity index (χ2n) is 6.71. The minimum atomic E-state index is 0.583. The van der Waals surface area contributed by atoms with Crippen LogP contribution >= 0.6 is 0 Å². The van der Waals surface area contributed by atoms with Gasteiger partial charge in [0, 0.05) is 31.3 Å². The Morgan fingerprint density at radius 1 is 1.17 bits per heavy atom. The number of rotatable bonds is 8. The Labute approximate surface area is 144 Å². The molecule has 128 valence electrons. The van der Waals surface area contributed by atoms with Crippen LogP contribution in [0, 0.1) is 6.57 Å². The predicted octanol–water partition coefficient (Wildman–Crippen LogP) is 4.67. The van der Waals surface area contributed by atoms with Crippen molar-refractivity contribution >= 4 is 11.5 Å². The average Bonchev–Trinajstić information content (AvgIpc) is 3.00. The SMILES string of the molecule is [C-]#[N+]CCCCCCNc1c(C2CCCCC2)nc2cnccn12. The summed E-state index contributed by atoms with van der Waals surface area (Å²) in [5.74, 6) is 1.75. The van der Waals surface area contributed by atoms with Gasteiger partial charge in [-0.05, 0) is 25.7 Å². The van der Waals surface area contributed by atoms with Crippen LogP contribution in [-0.4, -0.2) is 27.5 Å². The van der Waals surface area contributed by atoms with Crippen molar-refractivity contribution in [3.63, 3.8) is 0 Å². The monoisotopic (exact) mass is 325 g/mol. The van der Waals surface area contributed by atoms with Crippen molar-refractivity contribution in [1.82, 2.24) is 14.4 Å². The van der Waals surface area contributed by atoms with Gasteiger partial charge >= 0.3 is 0 Å². The summed E-state index contributed by atoms with van der Waals surface area (Å²) in [7, 11) is 0. The normalized spacial score (nSPS) is 15.5. The molecule has 0 radical (unpaired) electrons. The zero-order chi connectivity index (χ0) is 16.6. The molecule has 0 unspecified atom stereocenters. The minimum absolute atomic E-state index is 0.583. The first-order valence-electron chi connectivity index (χ1n) is 9.29. The summed E-state index contributed by atoms with van der Waals surface area (Å²) in [6, 6.07) is 0. The Morgan fingerprint density at radius 3 is 2.83 bits per heavy atom. The number of hydrogen-bond donors (Lipinski definition) is 1. The van der Waals surface area contributed by atoms with Gasteiger partial charge in [-0.3, -0.25) is 9.38 Å². The van der Waals surface area contributed by atoms with Gasteiger partial charge in [0.2, 0.25) is 6.54 Å². The molecule has 1 saturated carbocycles. The van der Waals surface area contributed by atoms with Crippen LogP contribution in [0.4, 0.5) is 5.82 Å². The van der Waals surface area contributed by atoms with Crippen LogP contribution < -0.4 is 5.32 Å². The van der Waals surface area contributed by atoms with Crippen molar-refractivity contribution < 1.29 is 0 Å². The fraction of sp³-hybridized carbons (Fsp3) is 0.632. The summed E-state index contributed by atoms with van der Waals surface area (Å²) in [4.78, 5) is 12.5. The molecule has 0 aliphatic heterocycles. The van der Waals surface area contributed by atoms with Gasteiger partial charge in [0.1, 0.15) is 5.82 Å². The molecular weight excluding hydrogens is 298 g/mol. The summed E-state index contributed by atoms with van der Waals surface area (Å²) >= 11 is 0. The number of nitrogens with zero attached hydrogens (tertiary/aromatic N) is 4. The fourth-order valence-electron chi connectivity index (χ4n) is 3.64. The highest BCUT2D eigenvalue weighted by atomic mass is 15.1. The molecule has 0 saturated heterocycles. The molecule has 0 bridgehead atoms. The maximum atomic E-state index is 6.81. The van der Waals surface area contributed by atoms with E-state index in [0.717, 1.165) is 31.5 Å². The first kappa shape index (κ1) is 16.8. The summed E-state index contributed by atoms with van der Waals surface area (Å²) in [5.41, 5.74) is 2.17. The van der Waals surface area contributed by atoms with Crippen LogP contribution in [0.15, 0.2) is 18.6 Å². The van der Waals surface area contributed by atoms with E-state index in [-0.39, 0.29) is 0 Å². The van der Waals surface area contributed by atoms with Crippen molar-refractivity contribution in [2.75, 3.05) is 18.4 Å². The smallest absolute Gasteiger partial charge is 0.214 e. The van der Waals surface area contributed by atoms with Crippen LogP contribution in [-0.2, 0) is 0 Å². The topological polar surface area (TPSA) is 46.6 Å². The number of unbranched alkanes of at least 4 members (excludes halogenated alkanes) is 3. The number of fused-ring (bicyclic) bond motifs is 1. The third kappa shape index (κ3) is 4.05. The highest BCUT2D eigenvalue weighted by molar-refractivity contribution is 5.55. The van der Waals surface area contributed by atoms with Crippen molar-refractivity contribution in [3.05, 3.63) is 35.7 Å². The van der Waals surface area contributed by atoms with Crippen molar-refractivity contribution in [3.8, 4) is 0 Å². The summed E-state index contributed by atoms with van der Waals surface area (Å²) in [5, 5.41) is 3.64. The van der Waals surface area contributed by atoms with E-state index >= 15 is 0 Å². The summed E-state index contributed by atoms with van der Waals surface area (Å²) in [6.45, 7) is 8.44. The van der Waals surface area contributed by atoms with E-state index in [1.165, 1.54) is 50.0 Å². The molecule has 1 fully saturated rings. The number of aromatic nitrogens is 3. The molecule has 0 aromatic carbocycles. The first-order valence-corrected chi connectivity index (χ1v) is 9.29. The Kier molecular flexibility index (Phi) is 6.06. The molecule has 0 atom stereocenters. The van der Waals surface area contributed by atoms with E-state index in [9.17, 15) is 0 Å². The number of nitrogens with one attached hydrogen (secondary N) is 1. The molecule has 0 spiro atoms. The quantitative estimate of drug-likeness (QED) is 0.567. The standard InChI is InChI=1S/C19H27N5/c1-20-11-7-2-3-8-12-22-19-18(16-9-5-4-6-10-16)23-17-15-21-13-14-24(17)19/h13-16,22H,2-12H2. The minimum Gasteiger partial charge on any atom is -0.370 e. The lowest BCUT2D eigenvalue weighted by Gasteiger charge is -2.21. The van der Waals surface area contributed by atoms with Gasteiger partial charge in [0.25, 0.3) is 0 Å². The molecule has 2 heterocycles. The lowest BCUT2D eigenvalue weighted by atomic mass is 9.87. The van der Waals surface area contributed by atoms with Crippen LogP contribution in [0.3, 0.4) is 0 Å². The zero-order valence-corrected chi connectivity index (χ0v) is 14.4. The second kappa shape index (κ2) is 8.68. The molecule has 0 amide bonds. The van der Waals surface area contributed by atoms with Gasteiger partial charge < -0.3 is 10.2 Å². The molecule has 2 aromatic rings. The number of hydrogen-bond acceptors (Lipinski definition) is 3. The van der Waals surface area contributed by atoms with Gasteiger partial charge in [-0.2, -0.15) is 0 Å². The van der Waals surface area contributed by atoms with Gasteiger partial charge in [0.05, 0.1) is 11.9 Å². The third-order valence-corrected chi connectivity index (χ3v) is 4.94. The van der Waals surface area contributed by atoms with Crippen molar-refractivity contribution in [1.29, 1.82) is 0 Å². The van der Waals surface area contributed by atoms with E-state index < -0.39 is 0 Å². The third-order valence-electron chi connectivity index (χ3n) is 4.94. The highest BCUT2D eigenvalue weighted by Crippen LogP contribution is 2.36. The molecule has 3 rings (SSSR count). The van der Waals surface area contributed by atoms with Gasteiger partial charge in [0.15, 0.2) is 5.65 Å². The average molecular weight is 325 g/mol. The lowest BCUT2D eigenvalue weighted by Crippen LogP contribution is -2.11. The van der Waals surface area contributed by atoms with Crippen LogP contribution in [0.5, 0.6) is 0 Å². The second-order valence-corrected chi connectivity index (χ2v) is 6.71. The Bertz CT molecular complexity index is 679. The largest absolute Gasteiger partial charge is 0.370 e. The maximum Gasteiger partial charge on any atom is 0.214 e. The van der Waals surface area contributed by atoms with E-state index in [1.54, 1.807) is 0 Å². The van der Waals surface area contributed by atoms with Crippen LogP contribution in [0.1, 0.15) is 69.4 Å². The molecule has 1 N–H and O–H groups in total. The number of imidazole rings is 1. The Hall–Kier alpha value is -2.09. The maximum absolute atomic E-state index is 6.81. The van der Waals surface area contributed by atoms with E-state index in [1.807, 2.05) is 18.6 Å². The molecule has 5 heteroatoms. The zero-order valence-electron chi connectivity index (χ0n) is 14.4. The molecule has 1 aliphatic rings. The first-order chi connectivity index (χ1) is 11.9. The van der Waals surface area contributed by atoms with Gasteiger partial charge in [-0.15, -0.1) is 0 Å². The molecule has 5 nitrogen and oxygen atoms in total. The Morgan fingerprint density at radius 2 is 2.00 bits per heavy atom. The molecule has 1 aliphatic carbocycles. The van der Waals surface area contributed by atoms with E-state index in [4.69, 9.17) is 11.6 Å². The van der Waals surface area contributed by atoms with Gasteiger partial charge in [-0.25, -0.2) is 11.6 Å². The van der Waals surface area contributed by atoms with Gasteiger partial charge in [-0.1, -0.05) is 25.7 Å². The van der Waals surface area contributed by atoms with E-state index in [2.05, 4.69) is 19.5 Å². The predicted molar refractivity (Wildman–Crippen MR) is 97.2 cm³/mol. The van der Waals surface area contributed by atoms with Crippen molar-refractivity contribution in [2.45, 2.75) is 63.7 Å². The fourth-order valence-corrected chi connectivity index (χ4v) is 3.64. The Balaban J connectivity index is 1.65. The van der Waals surface area contributed by atoms with E-state index in [0.29, 0.717) is 12.5 Å².